The number of nitrogens with one attached hydrogen (secondary N) is 1. The molecule has 0 fully saturated rings. The Hall–Kier alpha value is -2.27. The number of benzene rings is 2. The van der Waals surface area contributed by atoms with E-state index >= 15 is 0 Å². The number of rotatable bonds is 8. The number of carboxylic acids is 1. The summed E-state index contributed by atoms with van der Waals surface area (Å²) < 4.78 is 0. The average Bonchev–Trinajstić information content (AvgIpc) is 2.54. The molecular formula is C19H21NO3S. The lowest BCUT2D eigenvalue weighted by Crippen LogP contribution is -2.14. The van der Waals surface area contributed by atoms with Gasteiger partial charge in [0.2, 0.25) is 5.91 Å². The molecule has 0 saturated carbocycles. The van der Waals surface area contributed by atoms with Crippen LogP contribution in [0.1, 0.15) is 23.1 Å². The van der Waals surface area contributed by atoms with Crippen LogP contribution >= 0.6 is 11.8 Å². The van der Waals surface area contributed by atoms with Crippen molar-refractivity contribution in [1.82, 2.24) is 0 Å². The minimum Gasteiger partial charge on any atom is -0.481 e. The minimum atomic E-state index is -0.778. The van der Waals surface area contributed by atoms with E-state index in [1.54, 1.807) is 11.8 Å². The molecule has 1 amide bonds. The molecule has 0 aliphatic heterocycles. The molecule has 2 rings (SSSR count). The number of hydrogen-bond acceptors (Lipinski definition) is 3. The fraction of sp³-hybridized carbons (Fsp3) is 0.263. The average molecular weight is 343 g/mol. The molecule has 126 valence electrons. The highest BCUT2D eigenvalue weighted by Crippen LogP contribution is 2.17. The maximum atomic E-state index is 12.1. The van der Waals surface area contributed by atoms with Gasteiger partial charge in [0.25, 0.3) is 0 Å². The quantitative estimate of drug-likeness (QED) is 0.714. The third-order valence-corrected chi connectivity index (χ3v) is 4.46. The van der Waals surface area contributed by atoms with Crippen molar-refractivity contribution in [2.75, 3.05) is 11.1 Å². The van der Waals surface area contributed by atoms with Crippen molar-refractivity contribution in [2.24, 2.45) is 0 Å². The van der Waals surface area contributed by atoms with Gasteiger partial charge >= 0.3 is 5.97 Å². The Bertz CT molecular complexity index is 698. The van der Waals surface area contributed by atoms with Gasteiger partial charge in [-0.1, -0.05) is 42.0 Å². The Morgan fingerprint density at radius 1 is 1.08 bits per heavy atom. The van der Waals surface area contributed by atoms with Crippen molar-refractivity contribution in [3.63, 3.8) is 0 Å². The summed E-state index contributed by atoms with van der Waals surface area (Å²) in [5.41, 5.74) is 3.99. The van der Waals surface area contributed by atoms with Crippen LogP contribution in [0.25, 0.3) is 0 Å². The van der Waals surface area contributed by atoms with Crippen molar-refractivity contribution in [1.29, 1.82) is 0 Å². The highest BCUT2D eigenvalue weighted by molar-refractivity contribution is 7.98. The Morgan fingerprint density at radius 2 is 1.83 bits per heavy atom. The zero-order valence-corrected chi connectivity index (χ0v) is 14.4. The lowest BCUT2D eigenvalue weighted by molar-refractivity contribution is -0.136. The van der Waals surface area contributed by atoms with E-state index in [4.69, 9.17) is 5.11 Å². The van der Waals surface area contributed by atoms with E-state index < -0.39 is 5.97 Å². The van der Waals surface area contributed by atoms with Gasteiger partial charge in [-0.15, -0.1) is 0 Å². The smallest absolute Gasteiger partial charge is 0.304 e. The van der Waals surface area contributed by atoms with Crippen LogP contribution in [0, 0.1) is 6.92 Å². The summed E-state index contributed by atoms with van der Waals surface area (Å²) in [6, 6.07) is 15.6. The zero-order valence-electron chi connectivity index (χ0n) is 13.6. The van der Waals surface area contributed by atoms with Gasteiger partial charge in [-0.2, -0.15) is 11.8 Å². The van der Waals surface area contributed by atoms with Gasteiger partial charge in [0.1, 0.15) is 0 Å². The summed E-state index contributed by atoms with van der Waals surface area (Å²) in [5, 5.41) is 11.5. The van der Waals surface area contributed by atoms with E-state index in [0.717, 1.165) is 22.6 Å². The van der Waals surface area contributed by atoms with Gasteiger partial charge < -0.3 is 10.4 Å². The maximum Gasteiger partial charge on any atom is 0.304 e. The molecule has 0 atom stereocenters. The van der Waals surface area contributed by atoms with Crippen molar-refractivity contribution < 1.29 is 14.7 Å². The summed E-state index contributed by atoms with van der Waals surface area (Å²) in [6.07, 6.45) is 0.509. The van der Waals surface area contributed by atoms with Crippen LogP contribution in [0.2, 0.25) is 0 Å². The predicted molar refractivity (Wildman–Crippen MR) is 98.4 cm³/mol. The molecule has 0 radical (unpaired) electrons. The summed E-state index contributed by atoms with van der Waals surface area (Å²) in [4.78, 5) is 22.6. The fourth-order valence-corrected chi connectivity index (χ4v) is 3.06. The first-order valence-corrected chi connectivity index (χ1v) is 8.92. The van der Waals surface area contributed by atoms with Gasteiger partial charge in [-0.25, -0.2) is 0 Å². The van der Waals surface area contributed by atoms with E-state index in [9.17, 15) is 9.59 Å². The van der Waals surface area contributed by atoms with Crippen LogP contribution in [0.5, 0.6) is 0 Å². The van der Waals surface area contributed by atoms with E-state index in [2.05, 4.69) is 5.32 Å². The first-order valence-electron chi connectivity index (χ1n) is 7.77. The molecule has 0 aliphatic carbocycles. The third-order valence-electron chi connectivity index (χ3n) is 3.43. The molecular weight excluding hydrogens is 322 g/mol. The SMILES string of the molecule is Cc1ccc(CC(=O)Nc2cccc(CSCCC(=O)O)c2)cc1. The molecule has 0 unspecified atom stereocenters. The monoisotopic (exact) mass is 343 g/mol. The van der Waals surface area contributed by atoms with Crippen molar-refractivity contribution in [3.05, 3.63) is 65.2 Å². The summed E-state index contributed by atoms with van der Waals surface area (Å²) in [7, 11) is 0. The number of thioether (sulfide) groups is 1. The Morgan fingerprint density at radius 3 is 2.54 bits per heavy atom. The lowest BCUT2D eigenvalue weighted by Gasteiger charge is -2.08. The molecule has 2 aromatic rings. The fourth-order valence-electron chi connectivity index (χ4n) is 2.18. The van der Waals surface area contributed by atoms with Crippen LogP contribution in [-0.4, -0.2) is 22.7 Å². The second-order valence-corrected chi connectivity index (χ2v) is 6.71. The van der Waals surface area contributed by atoms with Crippen LogP contribution < -0.4 is 5.32 Å². The van der Waals surface area contributed by atoms with Gasteiger partial charge in [-0.05, 0) is 30.2 Å². The van der Waals surface area contributed by atoms with Gasteiger partial charge in [0.15, 0.2) is 0 Å². The molecule has 0 spiro atoms. The predicted octanol–water partition coefficient (Wildman–Crippen LogP) is 3.88. The zero-order chi connectivity index (χ0) is 17.4. The van der Waals surface area contributed by atoms with E-state index in [1.807, 2.05) is 55.5 Å². The molecule has 24 heavy (non-hydrogen) atoms. The number of aryl methyl sites for hydroxylation is 1. The number of carbonyl (C=O) groups excluding carboxylic acids is 1. The number of amides is 1. The summed E-state index contributed by atoms with van der Waals surface area (Å²) in [6.45, 7) is 2.02. The normalized spacial score (nSPS) is 10.4. The van der Waals surface area contributed by atoms with E-state index in [1.165, 1.54) is 5.56 Å². The molecule has 5 heteroatoms. The second kappa shape index (κ2) is 9.13. The molecule has 0 saturated heterocycles. The Kier molecular flexibility index (Phi) is 6.88. The van der Waals surface area contributed by atoms with Crippen molar-refractivity contribution in [3.8, 4) is 0 Å². The van der Waals surface area contributed by atoms with E-state index in [0.29, 0.717) is 12.2 Å². The van der Waals surface area contributed by atoms with Crippen molar-refractivity contribution >= 4 is 29.3 Å². The molecule has 0 aromatic heterocycles. The Labute approximate surface area is 146 Å². The van der Waals surface area contributed by atoms with Gasteiger partial charge in [0.05, 0.1) is 12.8 Å². The minimum absolute atomic E-state index is 0.0467. The maximum absolute atomic E-state index is 12.1. The standard InChI is InChI=1S/C19H21NO3S/c1-14-5-7-15(8-6-14)12-18(21)20-17-4-2-3-16(11-17)13-24-10-9-19(22)23/h2-8,11H,9-10,12-13H2,1H3,(H,20,21)(H,22,23). The van der Waals surface area contributed by atoms with Crippen LogP contribution in [0.3, 0.4) is 0 Å². The van der Waals surface area contributed by atoms with E-state index in [-0.39, 0.29) is 12.3 Å². The van der Waals surface area contributed by atoms with Crippen molar-refractivity contribution in [2.45, 2.75) is 25.5 Å². The highest BCUT2D eigenvalue weighted by Gasteiger charge is 2.05. The summed E-state index contributed by atoms with van der Waals surface area (Å²) in [5.74, 6) is 0.489. The number of carboxylic acid groups (broad SMARTS) is 1. The number of hydrogen-bond donors (Lipinski definition) is 2. The van der Waals surface area contributed by atoms with Crippen LogP contribution in [0.15, 0.2) is 48.5 Å². The first kappa shape index (κ1) is 18.1. The third kappa shape index (κ3) is 6.46. The Balaban J connectivity index is 1.85. The second-order valence-electron chi connectivity index (χ2n) is 5.61. The molecule has 2 aromatic carbocycles. The van der Waals surface area contributed by atoms with Gasteiger partial charge in [0, 0.05) is 17.2 Å². The van der Waals surface area contributed by atoms with Crippen LogP contribution in [0.4, 0.5) is 5.69 Å². The summed E-state index contributed by atoms with van der Waals surface area (Å²) >= 11 is 1.57. The topological polar surface area (TPSA) is 66.4 Å². The molecule has 0 heterocycles. The van der Waals surface area contributed by atoms with Gasteiger partial charge in [-0.3, -0.25) is 9.59 Å². The molecule has 4 nitrogen and oxygen atoms in total. The lowest BCUT2D eigenvalue weighted by atomic mass is 10.1. The molecule has 0 aliphatic rings. The highest BCUT2D eigenvalue weighted by atomic mass is 32.2. The largest absolute Gasteiger partial charge is 0.481 e. The number of anilines is 1. The molecule has 0 bridgehead atoms. The number of carbonyl (C=O) groups is 2. The van der Waals surface area contributed by atoms with Crippen LogP contribution in [-0.2, 0) is 21.8 Å². The number of aliphatic carboxylic acids is 1. The first-order chi connectivity index (χ1) is 11.5. The molecule has 2 N–H and O–H groups in total.